The van der Waals surface area contributed by atoms with Crippen LogP contribution in [0.2, 0.25) is 0 Å². The van der Waals surface area contributed by atoms with Crippen LogP contribution in [0, 0.1) is 0 Å². The molecule has 0 aliphatic heterocycles. The Hall–Kier alpha value is -2.23. The van der Waals surface area contributed by atoms with Gasteiger partial charge in [-0.25, -0.2) is 0 Å². The molecule has 0 unspecified atom stereocenters. The third kappa shape index (κ3) is 3.37. The number of nitrogens with one attached hydrogen (secondary N) is 1. The van der Waals surface area contributed by atoms with E-state index in [-0.39, 0.29) is 11.3 Å². The van der Waals surface area contributed by atoms with E-state index in [2.05, 4.69) is 36.3 Å². The van der Waals surface area contributed by atoms with Crippen molar-refractivity contribution in [2.45, 2.75) is 26.2 Å². The predicted octanol–water partition coefficient (Wildman–Crippen LogP) is 3.03. The second kappa shape index (κ2) is 5.18. The minimum atomic E-state index is -0.182. The van der Waals surface area contributed by atoms with Crippen LogP contribution < -0.4 is 5.32 Å². The van der Waals surface area contributed by atoms with E-state index >= 15 is 0 Å². The first-order chi connectivity index (χ1) is 8.97. The lowest BCUT2D eigenvalue weighted by molar-refractivity contribution is 0.102. The Labute approximate surface area is 112 Å². The highest BCUT2D eigenvalue weighted by Gasteiger charge is 2.16. The molecule has 0 fully saturated rings. The fourth-order valence-electron chi connectivity index (χ4n) is 1.58. The van der Waals surface area contributed by atoms with Gasteiger partial charge in [0.2, 0.25) is 0 Å². The molecule has 1 N–H and O–H groups in total. The molecule has 0 saturated carbocycles. The zero-order valence-electron chi connectivity index (χ0n) is 11.3. The molecule has 0 spiro atoms. The lowest BCUT2D eigenvalue weighted by Gasteiger charge is -2.16. The Balaban J connectivity index is 2.10. The monoisotopic (exact) mass is 255 g/mol. The van der Waals surface area contributed by atoms with E-state index in [1.165, 1.54) is 0 Å². The van der Waals surface area contributed by atoms with Crippen molar-refractivity contribution in [2.75, 3.05) is 5.32 Å². The average molecular weight is 255 g/mol. The van der Waals surface area contributed by atoms with Crippen LogP contribution >= 0.6 is 0 Å². The second-order valence-corrected chi connectivity index (χ2v) is 5.37. The highest BCUT2D eigenvalue weighted by atomic mass is 16.1. The quantitative estimate of drug-likeness (QED) is 0.897. The SMILES string of the molecule is CC(C)(C)c1ccc(NC(=O)c2ccccc2)nn1. The second-order valence-electron chi connectivity index (χ2n) is 5.37. The summed E-state index contributed by atoms with van der Waals surface area (Å²) < 4.78 is 0. The molecular weight excluding hydrogens is 238 g/mol. The summed E-state index contributed by atoms with van der Waals surface area (Å²) in [5.74, 6) is 0.278. The number of nitrogens with zero attached hydrogens (tertiary/aromatic N) is 2. The zero-order chi connectivity index (χ0) is 13.9. The van der Waals surface area contributed by atoms with Crippen LogP contribution in [0.1, 0.15) is 36.8 Å². The first kappa shape index (κ1) is 13.2. The molecular formula is C15H17N3O. The minimum Gasteiger partial charge on any atom is -0.305 e. The molecule has 1 amide bonds. The predicted molar refractivity (Wildman–Crippen MR) is 75.1 cm³/mol. The zero-order valence-corrected chi connectivity index (χ0v) is 11.3. The topological polar surface area (TPSA) is 54.9 Å². The van der Waals surface area contributed by atoms with Gasteiger partial charge in [-0.15, -0.1) is 5.10 Å². The number of hydrogen-bond donors (Lipinski definition) is 1. The molecule has 0 saturated heterocycles. The van der Waals surface area contributed by atoms with Crippen LogP contribution in [-0.2, 0) is 5.41 Å². The van der Waals surface area contributed by atoms with E-state index in [9.17, 15) is 4.79 Å². The number of rotatable bonds is 2. The molecule has 19 heavy (non-hydrogen) atoms. The van der Waals surface area contributed by atoms with Gasteiger partial charge in [0.05, 0.1) is 5.69 Å². The number of aromatic nitrogens is 2. The smallest absolute Gasteiger partial charge is 0.256 e. The Morgan fingerprint density at radius 3 is 2.21 bits per heavy atom. The van der Waals surface area contributed by atoms with Gasteiger partial charge in [0.1, 0.15) is 0 Å². The highest BCUT2D eigenvalue weighted by Crippen LogP contribution is 2.19. The summed E-state index contributed by atoms with van der Waals surface area (Å²) in [7, 11) is 0. The third-order valence-corrected chi connectivity index (χ3v) is 2.71. The van der Waals surface area contributed by atoms with Gasteiger partial charge in [-0.05, 0) is 24.3 Å². The Morgan fingerprint density at radius 1 is 1.00 bits per heavy atom. The van der Waals surface area contributed by atoms with Gasteiger partial charge in [0, 0.05) is 11.0 Å². The van der Waals surface area contributed by atoms with Gasteiger partial charge in [-0.3, -0.25) is 4.79 Å². The number of benzene rings is 1. The van der Waals surface area contributed by atoms with Crippen molar-refractivity contribution in [2.24, 2.45) is 0 Å². The van der Waals surface area contributed by atoms with Crippen molar-refractivity contribution in [3.05, 3.63) is 53.7 Å². The molecule has 1 aromatic carbocycles. The van der Waals surface area contributed by atoms with Crippen molar-refractivity contribution < 1.29 is 4.79 Å². The molecule has 0 aliphatic rings. The summed E-state index contributed by atoms with van der Waals surface area (Å²) in [5, 5.41) is 10.9. The van der Waals surface area contributed by atoms with E-state index in [1.54, 1.807) is 18.2 Å². The standard InChI is InChI=1S/C15H17N3O/c1-15(2,3)12-9-10-13(18-17-12)16-14(19)11-7-5-4-6-8-11/h4-10H,1-3H3,(H,16,18,19). The molecule has 0 atom stereocenters. The summed E-state index contributed by atoms with van der Waals surface area (Å²) in [5.41, 5.74) is 1.45. The molecule has 0 radical (unpaired) electrons. The van der Waals surface area contributed by atoms with E-state index in [1.807, 2.05) is 24.3 Å². The highest BCUT2D eigenvalue weighted by molar-refractivity contribution is 6.03. The van der Waals surface area contributed by atoms with Gasteiger partial charge in [0.25, 0.3) is 5.91 Å². The number of carbonyl (C=O) groups excluding carboxylic acids is 1. The van der Waals surface area contributed by atoms with E-state index in [0.29, 0.717) is 11.4 Å². The molecule has 0 aliphatic carbocycles. The molecule has 4 nitrogen and oxygen atoms in total. The first-order valence-electron chi connectivity index (χ1n) is 6.17. The fourth-order valence-corrected chi connectivity index (χ4v) is 1.58. The summed E-state index contributed by atoms with van der Waals surface area (Å²) in [6.45, 7) is 6.21. The maximum absolute atomic E-state index is 11.9. The number of carbonyl (C=O) groups is 1. The van der Waals surface area contributed by atoms with E-state index < -0.39 is 0 Å². The molecule has 2 rings (SSSR count). The van der Waals surface area contributed by atoms with Crippen LogP contribution in [0.25, 0.3) is 0 Å². The molecule has 1 heterocycles. The molecule has 98 valence electrons. The van der Waals surface area contributed by atoms with Crippen LogP contribution in [0.15, 0.2) is 42.5 Å². The molecule has 4 heteroatoms. The number of anilines is 1. The Bertz CT molecular complexity index is 556. The van der Waals surface area contributed by atoms with Crippen molar-refractivity contribution in [3.63, 3.8) is 0 Å². The van der Waals surface area contributed by atoms with Crippen molar-refractivity contribution in [3.8, 4) is 0 Å². The van der Waals surface area contributed by atoms with E-state index in [0.717, 1.165) is 5.69 Å². The van der Waals surface area contributed by atoms with E-state index in [4.69, 9.17) is 0 Å². The fraction of sp³-hybridized carbons (Fsp3) is 0.267. The third-order valence-electron chi connectivity index (χ3n) is 2.71. The Morgan fingerprint density at radius 2 is 1.68 bits per heavy atom. The van der Waals surface area contributed by atoms with Crippen molar-refractivity contribution in [1.82, 2.24) is 10.2 Å². The number of hydrogen-bond acceptors (Lipinski definition) is 3. The lowest BCUT2D eigenvalue weighted by Crippen LogP contribution is -2.17. The minimum absolute atomic E-state index is 0.0467. The molecule has 2 aromatic rings. The number of amides is 1. The van der Waals surface area contributed by atoms with Gasteiger partial charge >= 0.3 is 0 Å². The van der Waals surface area contributed by atoms with Gasteiger partial charge < -0.3 is 5.32 Å². The average Bonchev–Trinajstić information content (AvgIpc) is 2.39. The molecule has 1 aromatic heterocycles. The van der Waals surface area contributed by atoms with Gasteiger partial charge in [0.15, 0.2) is 5.82 Å². The summed E-state index contributed by atoms with van der Waals surface area (Å²) in [6, 6.07) is 12.7. The van der Waals surface area contributed by atoms with Crippen LogP contribution in [0.4, 0.5) is 5.82 Å². The Kier molecular flexibility index (Phi) is 3.60. The normalized spacial score (nSPS) is 11.1. The van der Waals surface area contributed by atoms with Crippen LogP contribution in [-0.4, -0.2) is 16.1 Å². The van der Waals surface area contributed by atoms with Crippen molar-refractivity contribution >= 4 is 11.7 Å². The van der Waals surface area contributed by atoms with Crippen LogP contribution in [0.3, 0.4) is 0 Å². The summed E-state index contributed by atoms with van der Waals surface area (Å²) >= 11 is 0. The summed E-state index contributed by atoms with van der Waals surface area (Å²) in [4.78, 5) is 11.9. The lowest BCUT2D eigenvalue weighted by atomic mass is 9.92. The maximum atomic E-state index is 11.9. The largest absolute Gasteiger partial charge is 0.305 e. The summed E-state index contributed by atoms with van der Waals surface area (Å²) in [6.07, 6.45) is 0. The maximum Gasteiger partial charge on any atom is 0.256 e. The van der Waals surface area contributed by atoms with Crippen LogP contribution in [0.5, 0.6) is 0 Å². The molecule has 0 bridgehead atoms. The van der Waals surface area contributed by atoms with Gasteiger partial charge in [-0.1, -0.05) is 39.0 Å². The van der Waals surface area contributed by atoms with Gasteiger partial charge in [-0.2, -0.15) is 5.10 Å². The first-order valence-corrected chi connectivity index (χ1v) is 6.17. The van der Waals surface area contributed by atoms with Crippen molar-refractivity contribution in [1.29, 1.82) is 0 Å².